The molecule has 0 saturated heterocycles. The maximum Gasteiger partial charge on any atom is 0.135 e. The third kappa shape index (κ3) is 2.29. The highest BCUT2D eigenvalue weighted by molar-refractivity contribution is 5.47. The minimum atomic E-state index is 0.290. The topological polar surface area (TPSA) is 63.8 Å². The summed E-state index contributed by atoms with van der Waals surface area (Å²) in [7, 11) is 0. The van der Waals surface area contributed by atoms with E-state index in [0.29, 0.717) is 22.7 Å². The Kier molecular flexibility index (Phi) is 3.19. The van der Waals surface area contributed by atoms with Crippen LogP contribution >= 0.6 is 0 Å². The fraction of sp³-hybridized carbons (Fsp3) is 0.765. The molecule has 116 valence electrons. The van der Waals surface area contributed by atoms with Crippen LogP contribution in [0, 0.1) is 16.7 Å². The summed E-state index contributed by atoms with van der Waals surface area (Å²) in [6.07, 6.45) is 4.01. The van der Waals surface area contributed by atoms with Crippen LogP contribution in [-0.2, 0) is 0 Å². The van der Waals surface area contributed by atoms with Crippen LogP contribution in [0.15, 0.2) is 6.07 Å². The molecule has 3 N–H and O–H groups in total. The normalized spacial score (nSPS) is 33.6. The van der Waals surface area contributed by atoms with Gasteiger partial charge in [0.25, 0.3) is 0 Å². The van der Waals surface area contributed by atoms with Gasteiger partial charge >= 0.3 is 0 Å². The number of aromatic nitrogens is 2. The van der Waals surface area contributed by atoms with Crippen molar-refractivity contribution in [2.45, 2.75) is 65.8 Å². The van der Waals surface area contributed by atoms with Gasteiger partial charge < -0.3 is 11.1 Å². The summed E-state index contributed by atoms with van der Waals surface area (Å²) in [4.78, 5) is 9.01. The standard InChI is InChI=1S/C17H28N4/c1-10(2)14-19-12(18)8-13(20-14)21-15-16(3,4)11-6-7-17(15,5)9-11/h8,10-11,15H,6-7,9H2,1-5H3,(H3,18,19,20,21). The molecule has 0 spiro atoms. The van der Waals surface area contributed by atoms with Crippen LogP contribution in [0.2, 0.25) is 0 Å². The molecule has 1 aromatic rings. The Morgan fingerprint density at radius 1 is 1.29 bits per heavy atom. The number of rotatable bonds is 3. The minimum Gasteiger partial charge on any atom is -0.384 e. The van der Waals surface area contributed by atoms with Crippen molar-refractivity contribution in [3.8, 4) is 0 Å². The molecule has 1 heterocycles. The second kappa shape index (κ2) is 4.59. The summed E-state index contributed by atoms with van der Waals surface area (Å²) in [6, 6.07) is 2.33. The first-order valence-corrected chi connectivity index (χ1v) is 8.13. The lowest BCUT2D eigenvalue weighted by Crippen LogP contribution is -2.46. The van der Waals surface area contributed by atoms with E-state index in [1.807, 2.05) is 6.07 Å². The second-order valence-corrected chi connectivity index (χ2v) is 8.18. The van der Waals surface area contributed by atoms with E-state index in [0.717, 1.165) is 17.6 Å². The molecular weight excluding hydrogens is 260 g/mol. The van der Waals surface area contributed by atoms with E-state index in [9.17, 15) is 0 Å². The zero-order valence-corrected chi connectivity index (χ0v) is 13.9. The van der Waals surface area contributed by atoms with E-state index in [-0.39, 0.29) is 5.92 Å². The minimum absolute atomic E-state index is 0.290. The highest BCUT2D eigenvalue weighted by Crippen LogP contribution is 2.63. The molecule has 0 aromatic carbocycles. The molecule has 21 heavy (non-hydrogen) atoms. The number of nitrogens with two attached hydrogens (primary N) is 1. The summed E-state index contributed by atoms with van der Waals surface area (Å²) in [5.41, 5.74) is 6.65. The van der Waals surface area contributed by atoms with Crippen molar-refractivity contribution < 1.29 is 0 Å². The smallest absolute Gasteiger partial charge is 0.135 e. The van der Waals surface area contributed by atoms with Crippen LogP contribution in [0.1, 0.15) is 65.6 Å². The van der Waals surface area contributed by atoms with Gasteiger partial charge in [0, 0.05) is 18.0 Å². The van der Waals surface area contributed by atoms with E-state index < -0.39 is 0 Å². The summed E-state index contributed by atoms with van der Waals surface area (Å²) >= 11 is 0. The molecule has 2 bridgehead atoms. The molecule has 3 atom stereocenters. The molecule has 3 rings (SSSR count). The molecule has 2 aliphatic rings. The Balaban J connectivity index is 1.90. The average Bonchev–Trinajstić information content (AvgIpc) is 2.85. The number of hydrogen-bond acceptors (Lipinski definition) is 4. The number of nitrogens with zero attached hydrogens (tertiary/aromatic N) is 2. The zero-order chi connectivity index (χ0) is 15.4. The van der Waals surface area contributed by atoms with Gasteiger partial charge in [-0.1, -0.05) is 34.6 Å². The summed E-state index contributed by atoms with van der Waals surface area (Å²) in [5.74, 6) is 3.38. The molecule has 0 amide bonds. The van der Waals surface area contributed by atoms with Gasteiger partial charge in [0.05, 0.1) is 0 Å². The van der Waals surface area contributed by atoms with Crippen molar-refractivity contribution in [3.63, 3.8) is 0 Å². The number of hydrogen-bond donors (Lipinski definition) is 2. The molecule has 0 aliphatic heterocycles. The van der Waals surface area contributed by atoms with Crippen LogP contribution in [0.5, 0.6) is 0 Å². The van der Waals surface area contributed by atoms with E-state index in [1.165, 1.54) is 19.3 Å². The van der Waals surface area contributed by atoms with Gasteiger partial charge in [0.2, 0.25) is 0 Å². The Morgan fingerprint density at radius 2 is 2.00 bits per heavy atom. The van der Waals surface area contributed by atoms with E-state index >= 15 is 0 Å². The fourth-order valence-electron chi connectivity index (χ4n) is 4.63. The van der Waals surface area contributed by atoms with Crippen LogP contribution in [0.25, 0.3) is 0 Å². The molecule has 1 aromatic heterocycles. The monoisotopic (exact) mass is 288 g/mol. The summed E-state index contributed by atoms with van der Waals surface area (Å²) in [5, 5.41) is 3.71. The maximum atomic E-state index is 5.96. The summed E-state index contributed by atoms with van der Waals surface area (Å²) < 4.78 is 0. The number of nitrogens with one attached hydrogen (secondary N) is 1. The number of anilines is 2. The lowest BCUT2D eigenvalue weighted by Gasteiger charge is -2.43. The molecule has 4 heteroatoms. The predicted octanol–water partition coefficient (Wildman–Crippen LogP) is 3.81. The van der Waals surface area contributed by atoms with Crippen molar-refractivity contribution in [2.24, 2.45) is 16.7 Å². The Bertz CT molecular complexity index is 547. The van der Waals surface area contributed by atoms with Gasteiger partial charge in [-0.25, -0.2) is 9.97 Å². The molecule has 0 radical (unpaired) electrons. The van der Waals surface area contributed by atoms with E-state index in [1.54, 1.807) is 0 Å². The van der Waals surface area contributed by atoms with Crippen LogP contribution in [0.4, 0.5) is 11.6 Å². The lowest BCUT2D eigenvalue weighted by molar-refractivity contribution is 0.155. The molecule has 2 fully saturated rings. The molecule has 3 unspecified atom stereocenters. The predicted molar refractivity (Wildman–Crippen MR) is 87.2 cm³/mol. The number of fused-ring (bicyclic) bond motifs is 2. The fourth-order valence-corrected chi connectivity index (χ4v) is 4.63. The maximum absolute atomic E-state index is 5.96. The van der Waals surface area contributed by atoms with Crippen LogP contribution < -0.4 is 11.1 Å². The summed E-state index contributed by atoms with van der Waals surface area (Å²) in [6.45, 7) is 11.4. The van der Waals surface area contributed by atoms with Crippen molar-refractivity contribution in [1.82, 2.24) is 9.97 Å². The van der Waals surface area contributed by atoms with E-state index in [2.05, 4.69) is 49.9 Å². The van der Waals surface area contributed by atoms with Gasteiger partial charge in [0.1, 0.15) is 17.5 Å². The largest absolute Gasteiger partial charge is 0.384 e. The Morgan fingerprint density at radius 3 is 2.57 bits per heavy atom. The van der Waals surface area contributed by atoms with Crippen LogP contribution in [-0.4, -0.2) is 16.0 Å². The van der Waals surface area contributed by atoms with Gasteiger partial charge in [0.15, 0.2) is 0 Å². The second-order valence-electron chi connectivity index (χ2n) is 8.18. The highest BCUT2D eigenvalue weighted by Gasteiger charge is 2.59. The van der Waals surface area contributed by atoms with Crippen molar-refractivity contribution in [3.05, 3.63) is 11.9 Å². The van der Waals surface area contributed by atoms with Gasteiger partial charge in [-0.05, 0) is 36.0 Å². The average molecular weight is 288 g/mol. The van der Waals surface area contributed by atoms with Gasteiger partial charge in [-0.15, -0.1) is 0 Å². The van der Waals surface area contributed by atoms with Gasteiger partial charge in [-0.2, -0.15) is 0 Å². The first kappa shape index (κ1) is 14.6. The first-order valence-electron chi connectivity index (χ1n) is 8.13. The van der Waals surface area contributed by atoms with Crippen molar-refractivity contribution >= 4 is 11.6 Å². The van der Waals surface area contributed by atoms with E-state index in [4.69, 9.17) is 5.73 Å². The third-order valence-electron chi connectivity index (χ3n) is 5.84. The SMILES string of the molecule is CC(C)c1nc(N)cc(NC2C3(C)CCC(C3)C2(C)C)n1. The molecule has 2 saturated carbocycles. The van der Waals surface area contributed by atoms with Crippen molar-refractivity contribution in [1.29, 1.82) is 0 Å². The zero-order valence-electron chi connectivity index (χ0n) is 13.9. The highest BCUT2D eigenvalue weighted by atomic mass is 15.1. The quantitative estimate of drug-likeness (QED) is 0.887. The molecule has 4 nitrogen and oxygen atoms in total. The third-order valence-corrected chi connectivity index (χ3v) is 5.84. The number of nitrogen functional groups attached to an aromatic ring is 1. The lowest BCUT2D eigenvalue weighted by atomic mass is 9.68. The van der Waals surface area contributed by atoms with Gasteiger partial charge in [-0.3, -0.25) is 0 Å². The van der Waals surface area contributed by atoms with Crippen LogP contribution in [0.3, 0.4) is 0 Å². The molecule has 2 aliphatic carbocycles. The first-order chi connectivity index (χ1) is 9.72. The Labute approximate surface area is 127 Å². The van der Waals surface area contributed by atoms with Crippen molar-refractivity contribution in [2.75, 3.05) is 11.1 Å². The Hall–Kier alpha value is -1.32. The molecular formula is C17H28N4.